The molecule has 136 valence electrons. The first-order chi connectivity index (χ1) is 12.4. The van der Waals surface area contributed by atoms with E-state index in [0.717, 1.165) is 12.1 Å². The van der Waals surface area contributed by atoms with Crippen LogP contribution in [0, 0.1) is 17.6 Å². The molecular weight excluding hydrogens is 342 g/mol. The lowest BCUT2D eigenvalue weighted by atomic mass is 10.1. The van der Waals surface area contributed by atoms with Gasteiger partial charge in [-0.2, -0.15) is 0 Å². The molecule has 3 rings (SSSR count). The van der Waals surface area contributed by atoms with E-state index < -0.39 is 17.6 Å². The highest BCUT2D eigenvalue weighted by Gasteiger charge is 2.38. The zero-order valence-corrected chi connectivity index (χ0v) is 14.4. The van der Waals surface area contributed by atoms with Gasteiger partial charge in [-0.3, -0.25) is 9.59 Å². The molecule has 0 radical (unpaired) electrons. The summed E-state index contributed by atoms with van der Waals surface area (Å²) in [6.45, 7) is 0.0414. The second kappa shape index (κ2) is 7.11. The van der Waals surface area contributed by atoms with Gasteiger partial charge in [0, 0.05) is 26.1 Å². The molecule has 1 fully saturated rings. The summed E-state index contributed by atoms with van der Waals surface area (Å²) in [6.07, 6.45) is -0.0326. The minimum absolute atomic E-state index is 0.0216. The number of carbonyl (C=O) groups excluding carboxylic acids is 2. The molecule has 0 saturated carbocycles. The standard InChI is InChI=1S/C19H18F2N2O3/c1-22(16-5-3-4-6-17(16)26-2)19(25)12-9-18(24)23(11-12)15-8-7-13(20)10-14(15)21/h3-8,10,12H,9,11H2,1-2H3. The minimum atomic E-state index is -0.829. The van der Waals surface area contributed by atoms with Gasteiger partial charge >= 0.3 is 0 Å². The van der Waals surface area contributed by atoms with Crippen LogP contribution in [0.25, 0.3) is 0 Å². The van der Waals surface area contributed by atoms with E-state index in [1.807, 2.05) is 0 Å². The number of anilines is 2. The van der Waals surface area contributed by atoms with Gasteiger partial charge in [0.2, 0.25) is 11.8 Å². The predicted octanol–water partition coefficient (Wildman–Crippen LogP) is 2.99. The number of amides is 2. The van der Waals surface area contributed by atoms with Crippen molar-refractivity contribution in [3.63, 3.8) is 0 Å². The van der Waals surface area contributed by atoms with Crippen LogP contribution in [0.15, 0.2) is 42.5 Å². The summed E-state index contributed by atoms with van der Waals surface area (Å²) in [6, 6.07) is 10.1. The number of carbonyl (C=O) groups is 2. The van der Waals surface area contributed by atoms with Gasteiger partial charge in [0.25, 0.3) is 0 Å². The van der Waals surface area contributed by atoms with Crippen LogP contribution < -0.4 is 14.5 Å². The fourth-order valence-electron chi connectivity index (χ4n) is 3.11. The van der Waals surface area contributed by atoms with Crippen LogP contribution in [0.3, 0.4) is 0 Å². The SMILES string of the molecule is COc1ccccc1N(C)C(=O)C1CC(=O)N(c2ccc(F)cc2F)C1. The Morgan fingerprint density at radius 1 is 1.23 bits per heavy atom. The van der Waals surface area contributed by atoms with Crippen molar-refractivity contribution in [2.75, 3.05) is 30.5 Å². The van der Waals surface area contributed by atoms with E-state index in [1.54, 1.807) is 31.3 Å². The molecule has 0 aromatic heterocycles. The number of halogens is 2. The molecule has 1 saturated heterocycles. The summed E-state index contributed by atoms with van der Waals surface area (Å²) in [5.41, 5.74) is 0.561. The van der Waals surface area contributed by atoms with Gasteiger partial charge < -0.3 is 14.5 Å². The van der Waals surface area contributed by atoms with Crippen LogP contribution in [-0.4, -0.2) is 32.5 Å². The Labute approximate surface area is 149 Å². The lowest BCUT2D eigenvalue weighted by Crippen LogP contribution is -2.35. The number of hydrogen-bond acceptors (Lipinski definition) is 3. The molecule has 2 amide bonds. The quantitative estimate of drug-likeness (QED) is 0.842. The maximum atomic E-state index is 14.0. The van der Waals surface area contributed by atoms with Crippen molar-refractivity contribution in [1.82, 2.24) is 0 Å². The minimum Gasteiger partial charge on any atom is -0.495 e. The summed E-state index contributed by atoms with van der Waals surface area (Å²) >= 11 is 0. The summed E-state index contributed by atoms with van der Waals surface area (Å²) in [7, 11) is 3.11. The molecule has 5 nitrogen and oxygen atoms in total. The van der Waals surface area contributed by atoms with Crippen LogP contribution >= 0.6 is 0 Å². The van der Waals surface area contributed by atoms with Gasteiger partial charge in [-0.25, -0.2) is 8.78 Å². The number of ether oxygens (including phenoxy) is 1. The number of hydrogen-bond donors (Lipinski definition) is 0. The average Bonchev–Trinajstić information content (AvgIpc) is 3.02. The summed E-state index contributed by atoms with van der Waals surface area (Å²) in [5.74, 6) is -2.28. The summed E-state index contributed by atoms with van der Waals surface area (Å²) in [4.78, 5) is 27.7. The number of methoxy groups -OCH3 is 1. The van der Waals surface area contributed by atoms with Gasteiger partial charge in [0.15, 0.2) is 0 Å². The van der Waals surface area contributed by atoms with Crippen LogP contribution in [0.1, 0.15) is 6.42 Å². The highest BCUT2D eigenvalue weighted by atomic mass is 19.1. The Morgan fingerprint density at radius 2 is 1.96 bits per heavy atom. The zero-order chi connectivity index (χ0) is 18.8. The van der Waals surface area contributed by atoms with E-state index in [0.29, 0.717) is 11.4 Å². The Balaban J connectivity index is 1.80. The molecule has 1 heterocycles. The van der Waals surface area contributed by atoms with E-state index in [4.69, 9.17) is 4.74 Å². The predicted molar refractivity (Wildman–Crippen MR) is 93.2 cm³/mol. The van der Waals surface area contributed by atoms with E-state index >= 15 is 0 Å². The fourth-order valence-corrected chi connectivity index (χ4v) is 3.11. The summed E-state index contributed by atoms with van der Waals surface area (Å²) in [5, 5.41) is 0. The van der Waals surface area contributed by atoms with Gasteiger partial charge in [-0.1, -0.05) is 12.1 Å². The molecule has 0 bridgehead atoms. The van der Waals surface area contributed by atoms with Crippen molar-refractivity contribution in [2.24, 2.45) is 5.92 Å². The third-order valence-corrected chi connectivity index (χ3v) is 4.45. The van der Waals surface area contributed by atoms with Crippen LogP contribution in [0.4, 0.5) is 20.2 Å². The molecule has 26 heavy (non-hydrogen) atoms. The maximum Gasteiger partial charge on any atom is 0.232 e. The fraction of sp³-hybridized carbons (Fsp3) is 0.263. The second-order valence-electron chi connectivity index (χ2n) is 6.07. The van der Waals surface area contributed by atoms with Crippen molar-refractivity contribution in [3.05, 3.63) is 54.1 Å². The second-order valence-corrected chi connectivity index (χ2v) is 6.07. The third-order valence-electron chi connectivity index (χ3n) is 4.45. The molecule has 2 aromatic rings. The molecule has 1 aliphatic heterocycles. The van der Waals surface area contributed by atoms with Crippen LogP contribution in [-0.2, 0) is 9.59 Å². The number of benzene rings is 2. The first-order valence-electron chi connectivity index (χ1n) is 8.08. The normalized spacial score (nSPS) is 16.7. The molecule has 0 aliphatic carbocycles. The third kappa shape index (κ3) is 3.24. The molecule has 1 aliphatic rings. The number of nitrogens with zero attached hydrogens (tertiary/aromatic N) is 2. The molecular formula is C19H18F2N2O3. The molecule has 0 N–H and O–H groups in total. The van der Waals surface area contributed by atoms with Crippen molar-refractivity contribution in [2.45, 2.75) is 6.42 Å². The van der Waals surface area contributed by atoms with Gasteiger partial charge in [-0.05, 0) is 24.3 Å². The van der Waals surface area contributed by atoms with Crippen molar-refractivity contribution in [1.29, 1.82) is 0 Å². The van der Waals surface area contributed by atoms with Crippen LogP contribution in [0.5, 0.6) is 5.75 Å². The van der Waals surface area contributed by atoms with E-state index in [2.05, 4.69) is 0 Å². The molecule has 2 aromatic carbocycles. The maximum absolute atomic E-state index is 14.0. The molecule has 7 heteroatoms. The summed E-state index contributed by atoms with van der Waals surface area (Å²) < 4.78 is 32.3. The molecule has 1 unspecified atom stereocenters. The van der Waals surface area contributed by atoms with E-state index in [1.165, 1.54) is 23.0 Å². The topological polar surface area (TPSA) is 49.9 Å². The lowest BCUT2D eigenvalue weighted by molar-refractivity contribution is -0.124. The van der Waals surface area contributed by atoms with Gasteiger partial charge in [0.1, 0.15) is 17.4 Å². The number of rotatable bonds is 4. The van der Waals surface area contributed by atoms with Crippen molar-refractivity contribution < 1.29 is 23.1 Å². The first kappa shape index (κ1) is 17.8. The first-order valence-corrected chi connectivity index (χ1v) is 8.08. The van der Waals surface area contributed by atoms with Crippen molar-refractivity contribution in [3.8, 4) is 5.75 Å². The van der Waals surface area contributed by atoms with Crippen LogP contribution in [0.2, 0.25) is 0 Å². The zero-order valence-electron chi connectivity index (χ0n) is 14.4. The molecule has 0 spiro atoms. The Kier molecular flexibility index (Phi) is 4.88. The largest absolute Gasteiger partial charge is 0.495 e. The highest BCUT2D eigenvalue weighted by molar-refractivity contribution is 6.04. The Bertz CT molecular complexity index is 856. The van der Waals surface area contributed by atoms with Gasteiger partial charge in [0.05, 0.1) is 24.4 Å². The molecule has 1 atom stereocenters. The van der Waals surface area contributed by atoms with Crippen molar-refractivity contribution >= 4 is 23.2 Å². The Morgan fingerprint density at radius 3 is 2.65 bits per heavy atom. The highest BCUT2D eigenvalue weighted by Crippen LogP contribution is 2.32. The van der Waals surface area contributed by atoms with E-state index in [9.17, 15) is 18.4 Å². The lowest BCUT2D eigenvalue weighted by Gasteiger charge is -2.23. The number of para-hydroxylation sites is 2. The van der Waals surface area contributed by atoms with E-state index in [-0.39, 0.29) is 30.5 Å². The average molecular weight is 360 g/mol. The Hall–Kier alpha value is -2.96. The smallest absolute Gasteiger partial charge is 0.232 e. The monoisotopic (exact) mass is 360 g/mol. The van der Waals surface area contributed by atoms with Gasteiger partial charge in [-0.15, -0.1) is 0 Å².